The number of amides is 2. The molecule has 2 amide bonds. The molecule has 1 rings (SSSR count). The molecule has 0 radical (unpaired) electrons. The molecule has 0 spiro atoms. The van der Waals surface area contributed by atoms with Crippen molar-refractivity contribution < 1.29 is 14.7 Å². The molecule has 2 atom stereocenters. The van der Waals surface area contributed by atoms with E-state index in [1.54, 1.807) is 0 Å². The van der Waals surface area contributed by atoms with Crippen molar-refractivity contribution in [1.82, 2.24) is 10.6 Å². The van der Waals surface area contributed by atoms with Crippen LogP contribution in [-0.4, -0.2) is 29.7 Å². The van der Waals surface area contributed by atoms with Crippen molar-refractivity contribution in [2.45, 2.75) is 52.5 Å². The molecular formula is C13H24N2O3. The van der Waals surface area contributed by atoms with Crippen LogP contribution in [-0.2, 0) is 4.79 Å². The molecule has 0 bridgehead atoms. The average Bonchev–Trinajstić information content (AvgIpc) is 3.13. The first-order valence-electron chi connectivity index (χ1n) is 6.71. The van der Waals surface area contributed by atoms with E-state index >= 15 is 0 Å². The second-order valence-corrected chi connectivity index (χ2v) is 5.38. The Morgan fingerprint density at radius 3 is 2.33 bits per heavy atom. The van der Waals surface area contributed by atoms with Crippen LogP contribution in [0, 0.1) is 11.3 Å². The summed E-state index contributed by atoms with van der Waals surface area (Å²) in [5.41, 5.74) is 0.270. The fourth-order valence-electron chi connectivity index (χ4n) is 1.98. The summed E-state index contributed by atoms with van der Waals surface area (Å²) in [4.78, 5) is 22.7. The van der Waals surface area contributed by atoms with Crippen LogP contribution in [0.15, 0.2) is 0 Å². The smallest absolute Gasteiger partial charge is 0.326 e. The SMILES string of the molecule is CCC(C)[C@H](NC(=O)NCC1(CC)CC1)C(=O)O. The predicted molar refractivity (Wildman–Crippen MR) is 69.4 cm³/mol. The van der Waals surface area contributed by atoms with E-state index in [1.807, 2.05) is 13.8 Å². The molecule has 0 aromatic carbocycles. The molecule has 1 unspecified atom stereocenters. The highest BCUT2D eigenvalue weighted by Crippen LogP contribution is 2.47. The lowest BCUT2D eigenvalue weighted by atomic mass is 9.99. The van der Waals surface area contributed by atoms with Crippen LogP contribution in [0.3, 0.4) is 0 Å². The summed E-state index contributed by atoms with van der Waals surface area (Å²) in [5.74, 6) is -1.05. The topological polar surface area (TPSA) is 78.4 Å². The number of carboxylic acid groups (broad SMARTS) is 1. The maximum atomic E-state index is 11.7. The molecule has 1 saturated carbocycles. The lowest BCUT2D eigenvalue weighted by molar-refractivity contribution is -0.140. The van der Waals surface area contributed by atoms with Crippen molar-refractivity contribution in [3.05, 3.63) is 0 Å². The van der Waals surface area contributed by atoms with Gasteiger partial charge in [-0.1, -0.05) is 27.2 Å². The van der Waals surface area contributed by atoms with Gasteiger partial charge in [-0.05, 0) is 30.6 Å². The molecule has 5 nitrogen and oxygen atoms in total. The summed E-state index contributed by atoms with van der Waals surface area (Å²) in [6.45, 7) is 6.50. The third-order valence-corrected chi connectivity index (χ3v) is 4.10. The van der Waals surface area contributed by atoms with E-state index in [0.29, 0.717) is 6.54 Å². The summed E-state index contributed by atoms with van der Waals surface area (Å²) < 4.78 is 0. The predicted octanol–water partition coefficient (Wildman–Crippen LogP) is 1.98. The number of rotatable bonds is 7. The highest BCUT2D eigenvalue weighted by molar-refractivity contribution is 5.82. The van der Waals surface area contributed by atoms with E-state index in [-0.39, 0.29) is 17.4 Å². The van der Waals surface area contributed by atoms with Gasteiger partial charge >= 0.3 is 12.0 Å². The first-order chi connectivity index (χ1) is 8.44. The lowest BCUT2D eigenvalue weighted by Crippen LogP contribution is -2.50. The Hall–Kier alpha value is -1.26. The summed E-state index contributed by atoms with van der Waals surface area (Å²) >= 11 is 0. The Bertz CT molecular complexity index is 313. The van der Waals surface area contributed by atoms with Crippen LogP contribution < -0.4 is 10.6 Å². The van der Waals surface area contributed by atoms with E-state index in [2.05, 4.69) is 17.6 Å². The number of carbonyl (C=O) groups is 2. The Kier molecular flexibility index (Phi) is 4.99. The Labute approximate surface area is 108 Å². The second-order valence-electron chi connectivity index (χ2n) is 5.38. The van der Waals surface area contributed by atoms with Gasteiger partial charge in [-0.2, -0.15) is 0 Å². The van der Waals surface area contributed by atoms with Crippen molar-refractivity contribution in [3.63, 3.8) is 0 Å². The Morgan fingerprint density at radius 2 is 1.94 bits per heavy atom. The minimum Gasteiger partial charge on any atom is -0.480 e. The molecule has 1 aliphatic rings. The monoisotopic (exact) mass is 256 g/mol. The minimum atomic E-state index is -0.976. The van der Waals surface area contributed by atoms with Gasteiger partial charge in [-0.3, -0.25) is 0 Å². The Balaban J connectivity index is 2.39. The molecule has 3 N–H and O–H groups in total. The fourth-order valence-corrected chi connectivity index (χ4v) is 1.98. The van der Waals surface area contributed by atoms with Crippen LogP contribution in [0.1, 0.15) is 46.5 Å². The van der Waals surface area contributed by atoms with Gasteiger partial charge in [0.2, 0.25) is 0 Å². The Morgan fingerprint density at radius 1 is 1.33 bits per heavy atom. The number of carboxylic acids is 1. The van der Waals surface area contributed by atoms with Crippen LogP contribution >= 0.6 is 0 Å². The second kappa shape index (κ2) is 6.07. The maximum absolute atomic E-state index is 11.7. The van der Waals surface area contributed by atoms with Gasteiger partial charge in [0.25, 0.3) is 0 Å². The zero-order valence-electron chi connectivity index (χ0n) is 11.5. The van der Waals surface area contributed by atoms with Crippen LogP contribution in [0.2, 0.25) is 0 Å². The van der Waals surface area contributed by atoms with Gasteiger partial charge in [0.15, 0.2) is 0 Å². The number of hydrogen-bond acceptors (Lipinski definition) is 2. The third-order valence-electron chi connectivity index (χ3n) is 4.10. The quantitative estimate of drug-likeness (QED) is 0.651. The number of urea groups is 1. The minimum absolute atomic E-state index is 0.0747. The van der Waals surface area contributed by atoms with Crippen LogP contribution in [0.25, 0.3) is 0 Å². The molecule has 1 aliphatic carbocycles. The molecule has 1 fully saturated rings. The average molecular weight is 256 g/mol. The van der Waals surface area contributed by atoms with Gasteiger partial charge in [0, 0.05) is 6.54 Å². The summed E-state index contributed by atoms with van der Waals surface area (Å²) in [6.07, 6.45) is 4.08. The summed E-state index contributed by atoms with van der Waals surface area (Å²) in [7, 11) is 0. The largest absolute Gasteiger partial charge is 0.480 e. The van der Waals surface area contributed by atoms with Gasteiger partial charge in [0.1, 0.15) is 6.04 Å². The maximum Gasteiger partial charge on any atom is 0.326 e. The van der Waals surface area contributed by atoms with Crippen molar-refractivity contribution in [3.8, 4) is 0 Å². The van der Waals surface area contributed by atoms with Crippen molar-refractivity contribution >= 4 is 12.0 Å². The van der Waals surface area contributed by atoms with Gasteiger partial charge in [-0.25, -0.2) is 9.59 Å². The van der Waals surface area contributed by atoms with Gasteiger partial charge in [-0.15, -0.1) is 0 Å². The highest BCUT2D eigenvalue weighted by atomic mass is 16.4. The summed E-state index contributed by atoms with van der Waals surface area (Å²) in [5, 5.41) is 14.4. The van der Waals surface area contributed by atoms with Gasteiger partial charge < -0.3 is 15.7 Å². The first kappa shape index (κ1) is 14.8. The molecule has 0 saturated heterocycles. The van der Waals surface area contributed by atoms with Crippen molar-refractivity contribution in [2.75, 3.05) is 6.54 Å². The van der Waals surface area contributed by atoms with E-state index in [0.717, 1.165) is 25.7 Å². The zero-order valence-corrected chi connectivity index (χ0v) is 11.5. The standard InChI is InChI=1S/C13H24N2O3/c1-4-9(3)10(11(16)17)15-12(18)14-8-13(5-2)6-7-13/h9-10H,4-8H2,1-3H3,(H,16,17)(H2,14,15,18)/t9?,10-/m0/s1. The molecule has 5 heteroatoms. The summed E-state index contributed by atoms with van der Waals surface area (Å²) in [6, 6.07) is -1.19. The molecule has 0 aromatic heterocycles. The number of carbonyl (C=O) groups excluding carboxylic acids is 1. The molecule has 104 valence electrons. The third kappa shape index (κ3) is 3.89. The van der Waals surface area contributed by atoms with E-state index in [9.17, 15) is 9.59 Å². The molecule has 0 aromatic rings. The number of nitrogens with one attached hydrogen (secondary N) is 2. The molecule has 0 heterocycles. The van der Waals surface area contributed by atoms with E-state index < -0.39 is 12.0 Å². The van der Waals surface area contributed by atoms with E-state index in [4.69, 9.17) is 5.11 Å². The zero-order chi connectivity index (χ0) is 13.8. The molecular weight excluding hydrogens is 232 g/mol. The number of hydrogen-bond donors (Lipinski definition) is 3. The first-order valence-corrected chi connectivity index (χ1v) is 6.71. The van der Waals surface area contributed by atoms with E-state index in [1.165, 1.54) is 0 Å². The highest BCUT2D eigenvalue weighted by Gasteiger charge is 2.40. The molecule has 0 aliphatic heterocycles. The van der Waals surface area contributed by atoms with Crippen LogP contribution in [0.5, 0.6) is 0 Å². The molecule has 18 heavy (non-hydrogen) atoms. The fraction of sp³-hybridized carbons (Fsp3) is 0.846. The van der Waals surface area contributed by atoms with Gasteiger partial charge in [0.05, 0.1) is 0 Å². The lowest BCUT2D eigenvalue weighted by Gasteiger charge is -2.21. The number of aliphatic carboxylic acids is 1. The van der Waals surface area contributed by atoms with Crippen molar-refractivity contribution in [2.24, 2.45) is 11.3 Å². The van der Waals surface area contributed by atoms with Crippen molar-refractivity contribution in [1.29, 1.82) is 0 Å². The van der Waals surface area contributed by atoms with Crippen LogP contribution in [0.4, 0.5) is 4.79 Å². The normalized spacial score (nSPS) is 19.7.